The zero-order chi connectivity index (χ0) is 12.3. The fourth-order valence-corrected chi connectivity index (χ4v) is 1.28. The molecule has 0 saturated heterocycles. The molecule has 86 valence electrons. The number of nitro groups is 1. The first-order valence-corrected chi connectivity index (χ1v) is 4.26. The van der Waals surface area contributed by atoms with E-state index >= 15 is 0 Å². The zero-order valence-electron chi connectivity index (χ0n) is 8.47. The van der Waals surface area contributed by atoms with Crippen LogP contribution in [0.2, 0.25) is 0 Å². The fraction of sp³-hybridized carbons (Fsp3) is 0.222. The molecule has 0 bridgehead atoms. The normalized spacial score (nSPS) is 10.1. The van der Waals surface area contributed by atoms with Gasteiger partial charge >= 0.3 is 5.97 Å². The molecule has 0 radical (unpaired) electrons. The zero-order valence-corrected chi connectivity index (χ0v) is 8.47. The highest BCUT2D eigenvalue weighted by molar-refractivity contribution is 5.91. The molecule has 1 rings (SSSR count). The second kappa shape index (κ2) is 4.58. The molecule has 0 aromatic heterocycles. The molecule has 1 aromatic rings. The molecule has 0 heterocycles. The summed E-state index contributed by atoms with van der Waals surface area (Å²) in [6.07, 6.45) is 0. The van der Waals surface area contributed by atoms with Crippen LogP contribution in [-0.4, -0.2) is 23.1 Å². The highest BCUT2D eigenvalue weighted by Gasteiger charge is 2.19. The highest BCUT2D eigenvalue weighted by atomic mass is 16.6. The largest absolute Gasteiger partial charge is 0.478 e. The number of nitrogens with two attached hydrogens (primary N) is 1. The van der Waals surface area contributed by atoms with Gasteiger partial charge in [-0.05, 0) is 11.6 Å². The second-order valence-corrected chi connectivity index (χ2v) is 3.06. The van der Waals surface area contributed by atoms with E-state index in [0.29, 0.717) is 5.56 Å². The van der Waals surface area contributed by atoms with Crippen molar-refractivity contribution >= 4 is 17.3 Å². The van der Waals surface area contributed by atoms with Crippen LogP contribution in [0.25, 0.3) is 0 Å². The van der Waals surface area contributed by atoms with Gasteiger partial charge in [0, 0.05) is 13.2 Å². The monoisotopic (exact) mass is 226 g/mol. The molecule has 0 aliphatic rings. The number of carboxylic acid groups (broad SMARTS) is 1. The van der Waals surface area contributed by atoms with Crippen molar-refractivity contribution < 1.29 is 19.6 Å². The number of nitrogens with zero attached hydrogens (tertiary/aromatic N) is 1. The topological polar surface area (TPSA) is 116 Å². The Morgan fingerprint density at radius 1 is 1.62 bits per heavy atom. The Morgan fingerprint density at radius 2 is 2.25 bits per heavy atom. The van der Waals surface area contributed by atoms with Crippen molar-refractivity contribution in [1.82, 2.24) is 0 Å². The lowest BCUT2D eigenvalue weighted by Crippen LogP contribution is -2.07. The number of carbonyl (C=O) groups is 1. The number of aromatic carboxylic acids is 1. The van der Waals surface area contributed by atoms with E-state index in [1.165, 1.54) is 13.2 Å². The summed E-state index contributed by atoms with van der Waals surface area (Å²) < 4.78 is 4.79. The molecule has 0 saturated carbocycles. The minimum Gasteiger partial charge on any atom is -0.478 e. The third kappa shape index (κ3) is 2.26. The van der Waals surface area contributed by atoms with E-state index < -0.39 is 16.6 Å². The van der Waals surface area contributed by atoms with Crippen LogP contribution in [-0.2, 0) is 11.3 Å². The summed E-state index contributed by atoms with van der Waals surface area (Å²) in [6, 6.07) is 2.18. The third-order valence-corrected chi connectivity index (χ3v) is 1.98. The molecule has 0 unspecified atom stereocenters. The highest BCUT2D eigenvalue weighted by Crippen LogP contribution is 2.26. The van der Waals surface area contributed by atoms with Crippen molar-refractivity contribution in [2.45, 2.75) is 6.61 Å². The van der Waals surface area contributed by atoms with Crippen molar-refractivity contribution in [3.8, 4) is 0 Å². The first-order chi connectivity index (χ1) is 7.47. The summed E-state index contributed by atoms with van der Waals surface area (Å²) in [5.41, 5.74) is 5.06. The number of anilines is 1. The summed E-state index contributed by atoms with van der Waals surface area (Å²) in [6.45, 7) is 0.0316. The molecule has 0 aliphatic heterocycles. The Labute approximate surface area is 90.6 Å². The summed E-state index contributed by atoms with van der Waals surface area (Å²) in [5, 5.41) is 19.4. The van der Waals surface area contributed by atoms with Gasteiger partial charge in [-0.2, -0.15) is 0 Å². The first-order valence-electron chi connectivity index (χ1n) is 4.26. The van der Waals surface area contributed by atoms with Crippen LogP contribution in [0.3, 0.4) is 0 Å². The van der Waals surface area contributed by atoms with Crippen LogP contribution < -0.4 is 5.73 Å². The van der Waals surface area contributed by atoms with Gasteiger partial charge in [0.15, 0.2) is 0 Å². The minimum atomic E-state index is -1.25. The Kier molecular flexibility index (Phi) is 3.41. The van der Waals surface area contributed by atoms with E-state index in [-0.39, 0.29) is 17.9 Å². The predicted octanol–water partition coefficient (Wildman–Crippen LogP) is 1.02. The summed E-state index contributed by atoms with van der Waals surface area (Å²) >= 11 is 0. The van der Waals surface area contributed by atoms with Crippen LogP contribution in [0, 0.1) is 10.1 Å². The number of ether oxygens (including phenoxy) is 1. The predicted molar refractivity (Wildman–Crippen MR) is 55.2 cm³/mol. The second-order valence-electron chi connectivity index (χ2n) is 3.06. The lowest BCUT2D eigenvalue weighted by Gasteiger charge is -2.06. The van der Waals surface area contributed by atoms with Crippen molar-refractivity contribution in [1.29, 1.82) is 0 Å². The number of rotatable bonds is 4. The Morgan fingerprint density at radius 3 is 2.69 bits per heavy atom. The lowest BCUT2D eigenvalue weighted by molar-refractivity contribution is -0.383. The Bertz CT molecular complexity index is 444. The quantitative estimate of drug-likeness (QED) is 0.449. The molecule has 0 amide bonds. The molecule has 0 atom stereocenters. The van der Waals surface area contributed by atoms with E-state index in [1.54, 1.807) is 0 Å². The molecular formula is C9H10N2O5. The van der Waals surface area contributed by atoms with E-state index in [4.69, 9.17) is 15.6 Å². The maximum Gasteiger partial charge on any atom is 0.336 e. The maximum absolute atomic E-state index is 10.9. The van der Waals surface area contributed by atoms with E-state index in [9.17, 15) is 14.9 Å². The number of carboxylic acids is 1. The third-order valence-electron chi connectivity index (χ3n) is 1.98. The average Bonchev–Trinajstić information content (AvgIpc) is 2.17. The average molecular weight is 226 g/mol. The molecular weight excluding hydrogens is 216 g/mol. The SMILES string of the molecule is COCc1cc(N)c([N+](=O)[O-])cc1C(=O)O. The summed E-state index contributed by atoms with van der Waals surface area (Å²) in [7, 11) is 1.39. The fourth-order valence-electron chi connectivity index (χ4n) is 1.28. The number of benzene rings is 1. The number of hydrogen-bond donors (Lipinski definition) is 2. The standard InChI is InChI=1S/C9H10N2O5/c1-16-4-5-2-7(10)8(11(14)15)3-6(5)9(12)13/h2-3H,4,10H2,1H3,(H,12,13). The molecule has 0 aliphatic carbocycles. The Hall–Kier alpha value is -2.15. The van der Waals surface area contributed by atoms with E-state index in [2.05, 4.69) is 0 Å². The van der Waals surface area contributed by atoms with Gasteiger partial charge in [-0.3, -0.25) is 10.1 Å². The molecule has 7 nitrogen and oxygen atoms in total. The molecule has 7 heteroatoms. The number of nitrogen functional groups attached to an aromatic ring is 1. The van der Waals surface area contributed by atoms with Gasteiger partial charge in [0.25, 0.3) is 5.69 Å². The lowest BCUT2D eigenvalue weighted by atomic mass is 10.1. The van der Waals surface area contributed by atoms with Crippen LogP contribution in [0.5, 0.6) is 0 Å². The van der Waals surface area contributed by atoms with Crippen molar-refractivity contribution in [2.75, 3.05) is 12.8 Å². The molecule has 1 aromatic carbocycles. The smallest absolute Gasteiger partial charge is 0.336 e. The maximum atomic E-state index is 10.9. The van der Waals surface area contributed by atoms with E-state index in [1.807, 2.05) is 0 Å². The van der Waals surface area contributed by atoms with Gasteiger partial charge in [0.05, 0.1) is 17.1 Å². The van der Waals surface area contributed by atoms with Crippen molar-refractivity contribution in [3.63, 3.8) is 0 Å². The van der Waals surface area contributed by atoms with Crippen LogP contribution in [0.15, 0.2) is 12.1 Å². The van der Waals surface area contributed by atoms with E-state index in [0.717, 1.165) is 6.07 Å². The molecule has 0 fully saturated rings. The van der Waals surface area contributed by atoms with Crippen LogP contribution in [0.1, 0.15) is 15.9 Å². The minimum absolute atomic E-state index is 0.0316. The molecule has 3 N–H and O–H groups in total. The summed E-state index contributed by atoms with van der Waals surface area (Å²) in [4.78, 5) is 20.7. The first kappa shape index (κ1) is 11.9. The van der Waals surface area contributed by atoms with Gasteiger partial charge in [0.1, 0.15) is 5.69 Å². The number of methoxy groups -OCH3 is 1. The summed E-state index contributed by atoms with van der Waals surface area (Å²) in [5.74, 6) is -1.25. The van der Waals surface area contributed by atoms with Gasteiger partial charge in [-0.1, -0.05) is 0 Å². The van der Waals surface area contributed by atoms with Crippen LogP contribution >= 0.6 is 0 Å². The van der Waals surface area contributed by atoms with Crippen LogP contribution in [0.4, 0.5) is 11.4 Å². The number of hydrogen-bond acceptors (Lipinski definition) is 5. The van der Waals surface area contributed by atoms with Gasteiger partial charge in [-0.25, -0.2) is 4.79 Å². The van der Waals surface area contributed by atoms with Crippen molar-refractivity contribution in [3.05, 3.63) is 33.4 Å². The van der Waals surface area contributed by atoms with Gasteiger partial charge in [0.2, 0.25) is 0 Å². The van der Waals surface area contributed by atoms with Gasteiger partial charge < -0.3 is 15.6 Å². The molecule has 16 heavy (non-hydrogen) atoms. The number of nitro benzene ring substituents is 1. The molecule has 0 spiro atoms. The Balaban J connectivity index is 3.36. The van der Waals surface area contributed by atoms with Crippen molar-refractivity contribution in [2.24, 2.45) is 0 Å². The van der Waals surface area contributed by atoms with Gasteiger partial charge in [-0.15, -0.1) is 0 Å².